The quantitative estimate of drug-likeness (QED) is 0.0409. The predicted octanol–water partition coefficient (Wildman–Crippen LogP) is 9.77. The number of rotatable bonds is 31. The molecular weight excluding hydrogens is 542 g/mol. The van der Waals surface area contributed by atoms with E-state index in [0.29, 0.717) is 25.7 Å². The van der Waals surface area contributed by atoms with Crippen LogP contribution in [0.15, 0.2) is 12.2 Å². The van der Waals surface area contributed by atoms with Crippen LogP contribution in [0.2, 0.25) is 0 Å². The van der Waals surface area contributed by atoms with Gasteiger partial charge in [0.05, 0.1) is 6.54 Å². The van der Waals surface area contributed by atoms with Gasteiger partial charge < -0.3 is 15.3 Å². The number of allylic oxidation sites excluding steroid dienone is 2. The Morgan fingerprint density at radius 2 is 0.767 bits per heavy atom. The lowest BCUT2D eigenvalue weighted by molar-refractivity contribution is -0.973. The van der Waals surface area contributed by atoms with Gasteiger partial charge >= 0.3 is 17.9 Å². The average molecular weight is 611 g/mol. The molecular formula is C36H68NO6+. The van der Waals surface area contributed by atoms with Crippen molar-refractivity contribution in [3.63, 3.8) is 0 Å². The van der Waals surface area contributed by atoms with Crippen molar-refractivity contribution in [2.75, 3.05) is 6.54 Å². The smallest absolute Gasteiger partial charge is 0.362 e. The third kappa shape index (κ3) is 16.7. The molecule has 0 radical (unpaired) electrons. The van der Waals surface area contributed by atoms with Crippen LogP contribution >= 0.6 is 0 Å². The summed E-state index contributed by atoms with van der Waals surface area (Å²) in [6.07, 6.45) is 27.5. The van der Waals surface area contributed by atoms with E-state index in [4.69, 9.17) is 0 Å². The molecule has 3 atom stereocenters. The van der Waals surface area contributed by atoms with Crippen molar-refractivity contribution >= 4 is 17.9 Å². The molecule has 0 spiro atoms. The highest BCUT2D eigenvalue weighted by Gasteiger charge is 2.56. The molecule has 0 aromatic rings. The second-order valence-electron chi connectivity index (χ2n) is 12.6. The molecule has 252 valence electrons. The Balaban J connectivity index is 4.88. The first-order valence-corrected chi connectivity index (χ1v) is 17.9. The van der Waals surface area contributed by atoms with Gasteiger partial charge in [-0.1, -0.05) is 110 Å². The maximum atomic E-state index is 12.6. The number of hydrogen-bond donors (Lipinski definition) is 3. The molecule has 0 saturated carbocycles. The lowest BCUT2D eigenvalue weighted by Crippen LogP contribution is -2.72. The fraction of sp³-hybridized carbons (Fsp3) is 0.861. The van der Waals surface area contributed by atoms with E-state index in [-0.39, 0.29) is 30.3 Å². The standard InChI is InChI=1S/C36H67NO6/c1-5-9-10-11-12-13-14-15-16-17-18-19-20-21-22-23-24-25-26-30-37(31(27-6-2)34(38)39,32(28-7-3)35(40)41)33(29-8-4)36(42)43/h20-21,31-33H,5-19,22-30H2,1-4H3,(H2-,38,39,40,41,42,43)/p+1/b21-20+. The van der Waals surface area contributed by atoms with Crippen molar-refractivity contribution in [3.8, 4) is 0 Å². The van der Waals surface area contributed by atoms with Crippen LogP contribution in [0.3, 0.4) is 0 Å². The SMILES string of the molecule is CCCCCCCCCCCCC/C=C/CCCCCC[N+](C(CCC)C(=O)O)(C(CCC)C(=O)O)C(CCC)C(=O)O. The van der Waals surface area contributed by atoms with Gasteiger partial charge in [0.1, 0.15) is 0 Å². The summed E-state index contributed by atoms with van der Waals surface area (Å²) in [4.78, 5) is 37.8. The van der Waals surface area contributed by atoms with Gasteiger partial charge in [0.15, 0.2) is 18.1 Å². The molecule has 0 aromatic carbocycles. The first-order valence-electron chi connectivity index (χ1n) is 17.9. The van der Waals surface area contributed by atoms with Crippen LogP contribution in [-0.4, -0.2) is 62.4 Å². The Morgan fingerprint density at radius 1 is 0.465 bits per heavy atom. The van der Waals surface area contributed by atoms with Crippen LogP contribution < -0.4 is 0 Å². The Labute approximate surface area is 264 Å². The number of hydrogen-bond acceptors (Lipinski definition) is 3. The monoisotopic (exact) mass is 611 g/mol. The minimum atomic E-state index is -1.09. The third-order valence-corrected chi connectivity index (χ3v) is 9.09. The topological polar surface area (TPSA) is 112 Å². The Hall–Kier alpha value is -1.89. The molecule has 0 bridgehead atoms. The molecule has 0 aliphatic rings. The molecule has 7 heteroatoms. The molecule has 3 unspecified atom stereocenters. The number of unbranched alkanes of at least 4 members (excludes halogenated alkanes) is 15. The van der Waals surface area contributed by atoms with Crippen molar-refractivity contribution in [3.05, 3.63) is 12.2 Å². The van der Waals surface area contributed by atoms with Crippen molar-refractivity contribution in [1.82, 2.24) is 0 Å². The van der Waals surface area contributed by atoms with E-state index < -0.39 is 36.0 Å². The number of quaternary nitrogens is 1. The number of carboxylic acids is 3. The number of nitrogens with zero attached hydrogens (tertiary/aromatic N) is 1. The van der Waals surface area contributed by atoms with Gasteiger partial charge in [-0.25, -0.2) is 14.4 Å². The summed E-state index contributed by atoms with van der Waals surface area (Å²) in [7, 11) is 0. The van der Waals surface area contributed by atoms with E-state index in [1.807, 2.05) is 20.8 Å². The molecule has 0 fully saturated rings. The molecule has 0 aliphatic carbocycles. The minimum absolute atomic E-state index is 0.263. The molecule has 0 amide bonds. The second kappa shape index (κ2) is 26.5. The minimum Gasteiger partial charge on any atom is -0.477 e. The van der Waals surface area contributed by atoms with Crippen LogP contribution in [0.5, 0.6) is 0 Å². The molecule has 7 nitrogen and oxygen atoms in total. The molecule has 0 rings (SSSR count). The summed E-state index contributed by atoms with van der Waals surface area (Å²) in [5.74, 6) is -3.27. The van der Waals surface area contributed by atoms with Gasteiger partial charge in [-0.3, -0.25) is 4.48 Å². The molecule has 0 aromatic heterocycles. The molecule has 0 aliphatic heterocycles. The lowest BCUT2D eigenvalue weighted by Gasteiger charge is -2.50. The van der Waals surface area contributed by atoms with E-state index >= 15 is 0 Å². The van der Waals surface area contributed by atoms with Crippen molar-refractivity contribution in [2.24, 2.45) is 0 Å². The van der Waals surface area contributed by atoms with Gasteiger partial charge in [0, 0.05) is 19.3 Å². The summed E-state index contributed by atoms with van der Waals surface area (Å²) in [5, 5.41) is 30.9. The maximum Gasteiger partial charge on any atom is 0.362 e. The van der Waals surface area contributed by atoms with Crippen molar-refractivity contribution in [1.29, 1.82) is 0 Å². The summed E-state index contributed by atoms with van der Waals surface area (Å²) >= 11 is 0. The van der Waals surface area contributed by atoms with E-state index in [1.54, 1.807) is 0 Å². The summed E-state index contributed by atoms with van der Waals surface area (Å²) in [6, 6.07) is -3.16. The van der Waals surface area contributed by atoms with Crippen LogP contribution in [0.1, 0.15) is 175 Å². The van der Waals surface area contributed by atoms with Gasteiger partial charge in [0.25, 0.3) is 0 Å². The zero-order valence-corrected chi connectivity index (χ0v) is 28.4. The van der Waals surface area contributed by atoms with Crippen LogP contribution in [-0.2, 0) is 14.4 Å². The van der Waals surface area contributed by atoms with Crippen LogP contribution in [0.25, 0.3) is 0 Å². The summed E-state index contributed by atoms with van der Waals surface area (Å²) in [5.41, 5.74) is 0. The largest absolute Gasteiger partial charge is 0.477 e. The van der Waals surface area contributed by atoms with E-state index in [2.05, 4.69) is 19.1 Å². The predicted molar refractivity (Wildman–Crippen MR) is 177 cm³/mol. The van der Waals surface area contributed by atoms with Crippen LogP contribution in [0.4, 0.5) is 0 Å². The molecule has 0 heterocycles. The van der Waals surface area contributed by atoms with Crippen LogP contribution in [0, 0.1) is 0 Å². The number of aliphatic carboxylic acids is 3. The fourth-order valence-electron chi connectivity index (χ4n) is 6.81. The first-order chi connectivity index (χ1) is 20.7. The fourth-order valence-corrected chi connectivity index (χ4v) is 6.81. The highest BCUT2D eigenvalue weighted by molar-refractivity contribution is 5.78. The zero-order chi connectivity index (χ0) is 32.3. The highest BCUT2D eigenvalue weighted by atomic mass is 16.4. The summed E-state index contributed by atoms with van der Waals surface area (Å²) < 4.78 is -0.381. The van der Waals surface area contributed by atoms with Gasteiger partial charge in [-0.15, -0.1) is 0 Å². The Bertz CT molecular complexity index is 692. The molecule has 3 N–H and O–H groups in total. The maximum absolute atomic E-state index is 12.6. The van der Waals surface area contributed by atoms with Crippen molar-refractivity contribution < 1.29 is 34.2 Å². The Kier molecular flexibility index (Phi) is 25.3. The molecule has 0 saturated heterocycles. The van der Waals surface area contributed by atoms with E-state index in [1.165, 1.54) is 70.6 Å². The second-order valence-corrected chi connectivity index (χ2v) is 12.6. The Morgan fingerprint density at radius 3 is 1.07 bits per heavy atom. The van der Waals surface area contributed by atoms with E-state index in [0.717, 1.165) is 32.1 Å². The van der Waals surface area contributed by atoms with Gasteiger partial charge in [-0.05, 0) is 57.8 Å². The zero-order valence-electron chi connectivity index (χ0n) is 28.4. The average Bonchev–Trinajstić information content (AvgIpc) is 2.97. The number of carboxylic acid groups (broad SMARTS) is 3. The molecule has 43 heavy (non-hydrogen) atoms. The normalized spacial score (nSPS) is 15.3. The highest BCUT2D eigenvalue weighted by Crippen LogP contribution is 2.34. The first kappa shape index (κ1) is 41.1. The lowest BCUT2D eigenvalue weighted by atomic mass is 9.91. The van der Waals surface area contributed by atoms with Crippen molar-refractivity contribution in [2.45, 2.75) is 193 Å². The van der Waals surface area contributed by atoms with Gasteiger partial charge in [-0.2, -0.15) is 0 Å². The summed E-state index contributed by atoms with van der Waals surface area (Å²) in [6.45, 7) is 8.15. The van der Waals surface area contributed by atoms with E-state index in [9.17, 15) is 29.7 Å². The third-order valence-electron chi connectivity index (χ3n) is 9.09. The number of carbonyl (C=O) groups is 3. The van der Waals surface area contributed by atoms with Gasteiger partial charge in [0.2, 0.25) is 0 Å².